The number of carboxylic acid groups (broad SMARTS) is 1. The lowest BCUT2D eigenvalue weighted by atomic mass is 9.85. The Morgan fingerprint density at radius 3 is 2.43 bits per heavy atom. The summed E-state index contributed by atoms with van der Waals surface area (Å²) in [4.78, 5) is 10.6. The Hall–Kier alpha value is -0.530. The summed E-state index contributed by atoms with van der Waals surface area (Å²) in [5.74, 6) is 2.03. The minimum atomic E-state index is -0.630. The summed E-state index contributed by atoms with van der Waals surface area (Å²) in [6, 6.07) is 0. The molecule has 0 spiro atoms. The summed E-state index contributed by atoms with van der Waals surface area (Å²) < 4.78 is 0. The average Bonchev–Trinajstić information content (AvgIpc) is 2.46. The Balaban J connectivity index is 2.51. The van der Waals surface area contributed by atoms with E-state index >= 15 is 0 Å². The molecule has 82 valence electrons. The summed E-state index contributed by atoms with van der Waals surface area (Å²) in [7, 11) is 0. The van der Waals surface area contributed by atoms with Gasteiger partial charge in [-0.15, -0.1) is 0 Å². The molecule has 3 atom stereocenters. The second kappa shape index (κ2) is 4.81. The van der Waals surface area contributed by atoms with Gasteiger partial charge in [0.15, 0.2) is 0 Å². The predicted octanol–water partition coefficient (Wildman–Crippen LogP) is 3.17. The maximum atomic E-state index is 10.6. The molecule has 0 saturated heterocycles. The first-order valence-electron chi connectivity index (χ1n) is 5.76. The van der Waals surface area contributed by atoms with Crippen LogP contribution in [0.15, 0.2) is 0 Å². The molecular formula is C12H22O2. The normalized spacial score (nSPS) is 32.4. The van der Waals surface area contributed by atoms with Crippen molar-refractivity contribution in [3.63, 3.8) is 0 Å². The van der Waals surface area contributed by atoms with Gasteiger partial charge >= 0.3 is 5.97 Å². The van der Waals surface area contributed by atoms with E-state index in [1.165, 1.54) is 6.42 Å². The van der Waals surface area contributed by atoms with Crippen molar-refractivity contribution >= 4 is 5.97 Å². The Bertz CT molecular complexity index is 198. The van der Waals surface area contributed by atoms with E-state index in [1.54, 1.807) is 0 Å². The molecule has 1 aliphatic carbocycles. The number of aliphatic carboxylic acids is 1. The Labute approximate surface area is 86.7 Å². The van der Waals surface area contributed by atoms with Gasteiger partial charge in [0, 0.05) is 6.42 Å². The summed E-state index contributed by atoms with van der Waals surface area (Å²) in [6.45, 7) is 6.75. The summed E-state index contributed by atoms with van der Waals surface area (Å²) >= 11 is 0. The number of hydrogen-bond acceptors (Lipinski definition) is 1. The van der Waals surface area contributed by atoms with Gasteiger partial charge < -0.3 is 5.11 Å². The van der Waals surface area contributed by atoms with Crippen molar-refractivity contribution in [2.75, 3.05) is 0 Å². The van der Waals surface area contributed by atoms with Gasteiger partial charge in [0.25, 0.3) is 0 Å². The second-order valence-electron chi connectivity index (χ2n) is 5.01. The number of rotatable bonds is 4. The fraction of sp³-hybridized carbons (Fsp3) is 0.917. The first-order valence-corrected chi connectivity index (χ1v) is 5.76. The topological polar surface area (TPSA) is 37.3 Å². The molecule has 0 aliphatic heterocycles. The van der Waals surface area contributed by atoms with Crippen LogP contribution in [0, 0.1) is 23.7 Å². The van der Waals surface area contributed by atoms with Crippen LogP contribution in [-0.4, -0.2) is 11.1 Å². The van der Waals surface area contributed by atoms with E-state index < -0.39 is 5.97 Å². The third kappa shape index (κ3) is 2.73. The molecule has 0 amide bonds. The van der Waals surface area contributed by atoms with Crippen molar-refractivity contribution < 1.29 is 9.90 Å². The van der Waals surface area contributed by atoms with Gasteiger partial charge in [-0.05, 0) is 36.5 Å². The predicted molar refractivity (Wildman–Crippen MR) is 57.1 cm³/mol. The van der Waals surface area contributed by atoms with Crippen LogP contribution in [0.2, 0.25) is 0 Å². The van der Waals surface area contributed by atoms with Crippen molar-refractivity contribution in [3.8, 4) is 0 Å². The fourth-order valence-corrected chi connectivity index (χ4v) is 2.98. The van der Waals surface area contributed by atoms with Gasteiger partial charge in [-0.3, -0.25) is 4.79 Å². The average molecular weight is 198 g/mol. The molecule has 14 heavy (non-hydrogen) atoms. The minimum absolute atomic E-state index is 0.375. The van der Waals surface area contributed by atoms with Crippen LogP contribution < -0.4 is 0 Å². The highest BCUT2D eigenvalue weighted by molar-refractivity contribution is 5.67. The highest BCUT2D eigenvalue weighted by Gasteiger charge is 2.35. The SMILES string of the molecule is CCC1CC(CC(=O)O)CC1C(C)C. The molecule has 0 aromatic heterocycles. The van der Waals surface area contributed by atoms with Crippen LogP contribution in [0.25, 0.3) is 0 Å². The van der Waals surface area contributed by atoms with Crippen LogP contribution >= 0.6 is 0 Å². The van der Waals surface area contributed by atoms with Crippen molar-refractivity contribution in [2.24, 2.45) is 23.7 Å². The van der Waals surface area contributed by atoms with Crippen LogP contribution in [0.1, 0.15) is 46.5 Å². The van der Waals surface area contributed by atoms with E-state index in [-0.39, 0.29) is 0 Å². The maximum absolute atomic E-state index is 10.6. The molecule has 1 rings (SSSR count). The third-order valence-electron chi connectivity index (χ3n) is 3.69. The van der Waals surface area contributed by atoms with Crippen molar-refractivity contribution in [2.45, 2.75) is 46.5 Å². The first kappa shape index (κ1) is 11.5. The van der Waals surface area contributed by atoms with Crippen LogP contribution in [0.5, 0.6) is 0 Å². The standard InChI is InChI=1S/C12H22O2/c1-4-10-5-9(7-12(13)14)6-11(10)8(2)3/h8-11H,4-7H2,1-3H3,(H,13,14). The number of carbonyl (C=O) groups is 1. The van der Waals surface area contributed by atoms with Gasteiger partial charge in [0.05, 0.1) is 0 Å². The summed E-state index contributed by atoms with van der Waals surface area (Å²) in [5, 5.41) is 8.76. The van der Waals surface area contributed by atoms with E-state index in [1.807, 2.05) is 0 Å². The van der Waals surface area contributed by atoms with Gasteiger partial charge in [0.1, 0.15) is 0 Å². The lowest BCUT2D eigenvalue weighted by molar-refractivity contribution is -0.138. The number of hydrogen-bond donors (Lipinski definition) is 1. The molecule has 0 aromatic rings. The molecule has 1 fully saturated rings. The van der Waals surface area contributed by atoms with Gasteiger partial charge in [0.2, 0.25) is 0 Å². The van der Waals surface area contributed by atoms with Gasteiger partial charge in [-0.2, -0.15) is 0 Å². The molecule has 2 heteroatoms. The highest BCUT2D eigenvalue weighted by atomic mass is 16.4. The molecule has 0 radical (unpaired) electrons. The lowest BCUT2D eigenvalue weighted by Gasteiger charge is -2.21. The van der Waals surface area contributed by atoms with E-state index in [0.717, 1.165) is 24.7 Å². The number of carboxylic acids is 1. The van der Waals surface area contributed by atoms with E-state index in [4.69, 9.17) is 5.11 Å². The van der Waals surface area contributed by atoms with Gasteiger partial charge in [-0.25, -0.2) is 0 Å². The van der Waals surface area contributed by atoms with Gasteiger partial charge in [-0.1, -0.05) is 27.2 Å². The zero-order valence-electron chi connectivity index (χ0n) is 9.49. The zero-order valence-corrected chi connectivity index (χ0v) is 9.49. The highest BCUT2D eigenvalue weighted by Crippen LogP contribution is 2.43. The lowest BCUT2D eigenvalue weighted by Crippen LogP contribution is -2.13. The molecular weight excluding hydrogens is 176 g/mol. The Kier molecular flexibility index (Phi) is 3.97. The van der Waals surface area contributed by atoms with Crippen molar-refractivity contribution in [1.29, 1.82) is 0 Å². The molecule has 0 bridgehead atoms. The summed E-state index contributed by atoms with van der Waals surface area (Å²) in [6.07, 6.45) is 3.84. The Morgan fingerprint density at radius 1 is 1.43 bits per heavy atom. The second-order valence-corrected chi connectivity index (χ2v) is 5.01. The van der Waals surface area contributed by atoms with E-state index in [2.05, 4.69) is 20.8 Å². The molecule has 1 N–H and O–H groups in total. The molecule has 1 aliphatic rings. The smallest absolute Gasteiger partial charge is 0.303 e. The largest absolute Gasteiger partial charge is 0.481 e. The molecule has 2 nitrogen and oxygen atoms in total. The first-order chi connectivity index (χ1) is 6.54. The third-order valence-corrected chi connectivity index (χ3v) is 3.69. The molecule has 0 aromatic carbocycles. The van der Waals surface area contributed by atoms with Crippen LogP contribution in [0.3, 0.4) is 0 Å². The Morgan fingerprint density at radius 2 is 2.07 bits per heavy atom. The zero-order chi connectivity index (χ0) is 10.7. The molecule has 3 unspecified atom stereocenters. The minimum Gasteiger partial charge on any atom is -0.481 e. The van der Waals surface area contributed by atoms with E-state index in [0.29, 0.717) is 18.3 Å². The molecule has 1 saturated carbocycles. The fourth-order valence-electron chi connectivity index (χ4n) is 2.98. The molecule has 0 heterocycles. The maximum Gasteiger partial charge on any atom is 0.303 e. The van der Waals surface area contributed by atoms with Crippen molar-refractivity contribution in [1.82, 2.24) is 0 Å². The van der Waals surface area contributed by atoms with Crippen LogP contribution in [-0.2, 0) is 4.79 Å². The monoisotopic (exact) mass is 198 g/mol. The van der Waals surface area contributed by atoms with Crippen LogP contribution in [0.4, 0.5) is 0 Å². The summed E-state index contributed by atoms with van der Waals surface area (Å²) in [5.41, 5.74) is 0. The quantitative estimate of drug-likeness (QED) is 0.753. The van der Waals surface area contributed by atoms with E-state index in [9.17, 15) is 4.79 Å². The van der Waals surface area contributed by atoms with Crippen molar-refractivity contribution in [3.05, 3.63) is 0 Å².